The molecule has 0 aromatic heterocycles. The molecule has 22 heavy (non-hydrogen) atoms. The Balaban J connectivity index is 2.81. The van der Waals surface area contributed by atoms with E-state index in [1.165, 1.54) is 0 Å². The van der Waals surface area contributed by atoms with Crippen LogP contribution in [0.5, 0.6) is 0 Å². The van der Waals surface area contributed by atoms with Crippen molar-refractivity contribution >= 4 is 27.7 Å². The van der Waals surface area contributed by atoms with Gasteiger partial charge in [0.2, 0.25) is 11.8 Å². The molecule has 0 unspecified atom stereocenters. The van der Waals surface area contributed by atoms with Crippen LogP contribution in [0.1, 0.15) is 39.7 Å². The van der Waals surface area contributed by atoms with Crippen LogP contribution in [0.4, 0.5) is 0 Å². The molecule has 1 aromatic carbocycles. The van der Waals surface area contributed by atoms with Gasteiger partial charge in [0.25, 0.3) is 0 Å². The molecule has 1 aromatic rings. The molecule has 0 saturated carbocycles. The van der Waals surface area contributed by atoms with Gasteiger partial charge < -0.3 is 10.2 Å². The Morgan fingerprint density at radius 2 is 1.77 bits per heavy atom. The lowest BCUT2D eigenvalue weighted by Gasteiger charge is -2.28. The Morgan fingerprint density at radius 3 is 2.27 bits per heavy atom. The molecule has 0 aliphatic rings. The van der Waals surface area contributed by atoms with Gasteiger partial charge in [-0.1, -0.05) is 48.8 Å². The third kappa shape index (κ3) is 5.79. The van der Waals surface area contributed by atoms with E-state index in [1.807, 2.05) is 45.0 Å². The highest BCUT2D eigenvalue weighted by Gasteiger charge is 2.24. The van der Waals surface area contributed by atoms with E-state index in [-0.39, 0.29) is 11.8 Å². The first-order valence-corrected chi connectivity index (χ1v) is 8.46. The molecule has 0 spiro atoms. The van der Waals surface area contributed by atoms with Crippen LogP contribution in [0.15, 0.2) is 28.7 Å². The molecule has 4 nitrogen and oxygen atoms in total. The van der Waals surface area contributed by atoms with E-state index >= 15 is 0 Å². The fourth-order valence-corrected chi connectivity index (χ4v) is 2.29. The van der Waals surface area contributed by atoms with Gasteiger partial charge in [0.05, 0.1) is 0 Å². The molecule has 0 aliphatic carbocycles. The van der Waals surface area contributed by atoms with Crippen molar-refractivity contribution in [2.75, 3.05) is 6.54 Å². The van der Waals surface area contributed by atoms with Crippen LogP contribution in [0.3, 0.4) is 0 Å². The molecule has 1 rings (SSSR count). The van der Waals surface area contributed by atoms with Gasteiger partial charge in [0.15, 0.2) is 0 Å². The number of nitrogens with one attached hydrogen (secondary N) is 1. The lowest BCUT2D eigenvalue weighted by molar-refractivity contribution is -0.140. The zero-order valence-corrected chi connectivity index (χ0v) is 15.3. The fourth-order valence-electron chi connectivity index (χ4n) is 2.02. The number of carbonyl (C=O) groups is 2. The molecule has 5 heteroatoms. The summed E-state index contributed by atoms with van der Waals surface area (Å²) in [6, 6.07) is 7.31. The number of hydrogen-bond donors (Lipinski definition) is 1. The van der Waals surface area contributed by atoms with Gasteiger partial charge in [-0.3, -0.25) is 9.59 Å². The average Bonchev–Trinajstić information content (AvgIpc) is 2.50. The predicted octanol–water partition coefficient (Wildman–Crippen LogP) is 3.35. The quantitative estimate of drug-likeness (QED) is 0.801. The van der Waals surface area contributed by atoms with Crippen LogP contribution in [0.25, 0.3) is 0 Å². The highest BCUT2D eigenvalue weighted by Crippen LogP contribution is 2.14. The molecule has 0 saturated heterocycles. The lowest BCUT2D eigenvalue weighted by Crippen LogP contribution is -2.48. The van der Waals surface area contributed by atoms with Crippen molar-refractivity contribution in [3.63, 3.8) is 0 Å². The standard InChI is InChI=1S/C17H25BrN2O2/c1-5-16(21)20(11-14-6-8-15(18)9-7-14)13(4)17(22)19-10-12(2)3/h6-9,12-13H,5,10-11H2,1-4H3,(H,19,22)/t13-/m1/s1. The fraction of sp³-hybridized carbons (Fsp3) is 0.529. The summed E-state index contributed by atoms with van der Waals surface area (Å²) in [7, 11) is 0. The summed E-state index contributed by atoms with van der Waals surface area (Å²) >= 11 is 3.40. The van der Waals surface area contributed by atoms with Crippen LogP contribution in [-0.4, -0.2) is 29.3 Å². The van der Waals surface area contributed by atoms with E-state index in [0.717, 1.165) is 10.0 Å². The first-order valence-electron chi connectivity index (χ1n) is 7.66. The topological polar surface area (TPSA) is 49.4 Å². The highest BCUT2D eigenvalue weighted by molar-refractivity contribution is 9.10. The average molecular weight is 369 g/mol. The normalized spacial score (nSPS) is 12.1. The molecule has 122 valence electrons. The maximum Gasteiger partial charge on any atom is 0.242 e. The van der Waals surface area contributed by atoms with E-state index in [1.54, 1.807) is 11.8 Å². The maximum absolute atomic E-state index is 12.2. The van der Waals surface area contributed by atoms with Crippen LogP contribution >= 0.6 is 15.9 Å². The SMILES string of the molecule is CCC(=O)N(Cc1ccc(Br)cc1)[C@H](C)C(=O)NCC(C)C. The Labute approximate surface area is 141 Å². The largest absolute Gasteiger partial charge is 0.354 e. The number of halogens is 1. The zero-order valence-electron chi connectivity index (χ0n) is 13.7. The lowest BCUT2D eigenvalue weighted by atomic mass is 10.1. The molecule has 0 bridgehead atoms. The van der Waals surface area contributed by atoms with E-state index in [2.05, 4.69) is 21.2 Å². The summed E-state index contributed by atoms with van der Waals surface area (Å²) in [5, 5.41) is 2.90. The van der Waals surface area contributed by atoms with Crippen molar-refractivity contribution in [2.45, 2.75) is 46.7 Å². The van der Waals surface area contributed by atoms with Gasteiger partial charge in [-0.2, -0.15) is 0 Å². The second kappa shape index (κ2) is 8.93. The summed E-state index contributed by atoms with van der Waals surface area (Å²) in [4.78, 5) is 26.1. The van der Waals surface area contributed by atoms with Crippen molar-refractivity contribution in [3.05, 3.63) is 34.3 Å². The molecule has 0 fully saturated rings. The molecule has 0 radical (unpaired) electrons. The van der Waals surface area contributed by atoms with Crippen molar-refractivity contribution in [1.29, 1.82) is 0 Å². The predicted molar refractivity (Wildman–Crippen MR) is 92.3 cm³/mol. The minimum absolute atomic E-state index is 0.0184. The Kier molecular flexibility index (Phi) is 7.59. The van der Waals surface area contributed by atoms with Gasteiger partial charge >= 0.3 is 0 Å². The van der Waals surface area contributed by atoms with Gasteiger partial charge in [-0.05, 0) is 30.5 Å². The van der Waals surface area contributed by atoms with E-state index in [4.69, 9.17) is 0 Å². The highest BCUT2D eigenvalue weighted by atomic mass is 79.9. The number of carbonyl (C=O) groups excluding carboxylic acids is 2. The van der Waals surface area contributed by atoms with Crippen LogP contribution < -0.4 is 5.32 Å². The molecular weight excluding hydrogens is 344 g/mol. The monoisotopic (exact) mass is 368 g/mol. The molecule has 2 amide bonds. The maximum atomic E-state index is 12.2. The minimum atomic E-state index is -0.477. The molecule has 1 atom stereocenters. The van der Waals surface area contributed by atoms with Gasteiger partial charge in [-0.25, -0.2) is 0 Å². The first kappa shape index (κ1) is 18.7. The second-order valence-electron chi connectivity index (χ2n) is 5.82. The number of rotatable bonds is 7. The van der Waals surface area contributed by atoms with Gasteiger partial charge in [0.1, 0.15) is 6.04 Å². The van der Waals surface area contributed by atoms with Crippen molar-refractivity contribution in [3.8, 4) is 0 Å². The molecule has 1 N–H and O–H groups in total. The molecule has 0 heterocycles. The first-order chi connectivity index (χ1) is 10.3. The van der Waals surface area contributed by atoms with Gasteiger partial charge in [-0.15, -0.1) is 0 Å². The third-order valence-corrected chi connectivity index (χ3v) is 3.95. The number of nitrogens with zero attached hydrogens (tertiary/aromatic N) is 1. The smallest absolute Gasteiger partial charge is 0.242 e. The van der Waals surface area contributed by atoms with Crippen molar-refractivity contribution in [1.82, 2.24) is 10.2 Å². The number of amides is 2. The summed E-state index contributed by atoms with van der Waals surface area (Å²) < 4.78 is 0.993. The van der Waals surface area contributed by atoms with Crippen molar-refractivity contribution in [2.24, 2.45) is 5.92 Å². The second-order valence-corrected chi connectivity index (χ2v) is 6.73. The van der Waals surface area contributed by atoms with Crippen LogP contribution in [-0.2, 0) is 16.1 Å². The van der Waals surface area contributed by atoms with E-state index < -0.39 is 6.04 Å². The summed E-state index contributed by atoms with van der Waals surface area (Å²) in [5.41, 5.74) is 1.01. The summed E-state index contributed by atoms with van der Waals surface area (Å²) in [6.07, 6.45) is 0.387. The summed E-state index contributed by atoms with van der Waals surface area (Å²) in [6.45, 7) is 8.74. The van der Waals surface area contributed by atoms with Crippen LogP contribution in [0.2, 0.25) is 0 Å². The third-order valence-electron chi connectivity index (χ3n) is 3.42. The zero-order chi connectivity index (χ0) is 16.7. The Bertz CT molecular complexity index is 500. The van der Waals surface area contributed by atoms with E-state index in [0.29, 0.717) is 25.4 Å². The number of benzene rings is 1. The minimum Gasteiger partial charge on any atom is -0.354 e. The number of hydrogen-bond acceptors (Lipinski definition) is 2. The Morgan fingerprint density at radius 1 is 1.18 bits per heavy atom. The summed E-state index contributed by atoms with van der Waals surface area (Å²) in [5.74, 6) is 0.265. The molecular formula is C17H25BrN2O2. The van der Waals surface area contributed by atoms with Gasteiger partial charge in [0, 0.05) is 24.0 Å². The van der Waals surface area contributed by atoms with Crippen molar-refractivity contribution < 1.29 is 9.59 Å². The van der Waals surface area contributed by atoms with Crippen LogP contribution in [0, 0.1) is 5.92 Å². The molecule has 0 aliphatic heterocycles. The Hall–Kier alpha value is -1.36. The van der Waals surface area contributed by atoms with E-state index in [9.17, 15) is 9.59 Å².